The van der Waals surface area contributed by atoms with Gasteiger partial charge in [0.1, 0.15) is 19.5 Å². The van der Waals surface area contributed by atoms with E-state index in [-0.39, 0.29) is 0 Å². The van der Waals surface area contributed by atoms with E-state index >= 15 is 0 Å². The Bertz CT molecular complexity index is 333. The van der Waals surface area contributed by atoms with Gasteiger partial charge in [0, 0.05) is 6.42 Å². The van der Waals surface area contributed by atoms with Crippen molar-refractivity contribution in [1.29, 1.82) is 0 Å². The van der Waals surface area contributed by atoms with Crippen LogP contribution in [0.2, 0.25) is 0 Å². The molecule has 0 amide bonds. The van der Waals surface area contributed by atoms with Gasteiger partial charge in [-0.15, -0.1) is 0 Å². The van der Waals surface area contributed by atoms with Crippen molar-refractivity contribution in [2.45, 2.75) is 12.8 Å². The van der Waals surface area contributed by atoms with Gasteiger partial charge in [-0.25, -0.2) is 0 Å². The third-order valence-electron chi connectivity index (χ3n) is 2.18. The summed E-state index contributed by atoms with van der Waals surface area (Å²) in [6, 6.07) is 5.78. The third kappa shape index (κ3) is 1.71. The number of rotatable bonds is 3. The monoisotopic (exact) mass is 192 g/mol. The Kier molecular flexibility index (Phi) is 2.68. The van der Waals surface area contributed by atoms with E-state index in [1.54, 1.807) is 0 Å². The van der Waals surface area contributed by atoms with Crippen LogP contribution in [-0.4, -0.2) is 19.5 Å². The van der Waals surface area contributed by atoms with E-state index in [0.29, 0.717) is 19.6 Å². The molecule has 0 unspecified atom stereocenters. The molecule has 0 aliphatic carbocycles. The number of carbonyl (C=O) groups is 1. The molecule has 1 aromatic rings. The molecule has 0 atom stereocenters. The maximum Gasteiger partial charge on any atom is 0.164 e. The van der Waals surface area contributed by atoms with Crippen molar-refractivity contribution in [2.75, 3.05) is 13.2 Å². The smallest absolute Gasteiger partial charge is 0.164 e. The van der Waals surface area contributed by atoms with Crippen LogP contribution in [0.1, 0.15) is 12.0 Å². The number of hydrogen-bond donors (Lipinski definition) is 0. The van der Waals surface area contributed by atoms with Gasteiger partial charge in [-0.05, 0) is 18.1 Å². The van der Waals surface area contributed by atoms with Crippen molar-refractivity contribution in [3.8, 4) is 11.5 Å². The molecular formula is C11H12O3. The number of aryl methyl sites for hydroxylation is 1. The largest absolute Gasteiger partial charge is 0.486 e. The summed E-state index contributed by atoms with van der Waals surface area (Å²) in [5.41, 5.74) is 1.05. The zero-order valence-corrected chi connectivity index (χ0v) is 7.86. The van der Waals surface area contributed by atoms with Gasteiger partial charge in [-0.1, -0.05) is 12.1 Å². The van der Waals surface area contributed by atoms with Crippen LogP contribution in [0.15, 0.2) is 18.2 Å². The van der Waals surface area contributed by atoms with Crippen LogP contribution in [-0.2, 0) is 11.2 Å². The lowest BCUT2D eigenvalue weighted by atomic mass is 10.1. The summed E-state index contributed by atoms with van der Waals surface area (Å²) in [4.78, 5) is 10.3. The van der Waals surface area contributed by atoms with E-state index in [9.17, 15) is 4.79 Å². The highest BCUT2D eigenvalue weighted by molar-refractivity contribution is 5.53. The molecule has 0 bridgehead atoms. The van der Waals surface area contributed by atoms with Gasteiger partial charge in [0.2, 0.25) is 0 Å². The first-order chi connectivity index (χ1) is 6.92. The van der Waals surface area contributed by atoms with Crippen LogP contribution in [0.25, 0.3) is 0 Å². The van der Waals surface area contributed by atoms with Gasteiger partial charge < -0.3 is 14.3 Å². The Balaban J connectivity index is 2.25. The average Bonchev–Trinajstić information content (AvgIpc) is 2.26. The fourth-order valence-electron chi connectivity index (χ4n) is 1.55. The topological polar surface area (TPSA) is 35.5 Å². The van der Waals surface area contributed by atoms with E-state index < -0.39 is 0 Å². The van der Waals surface area contributed by atoms with Gasteiger partial charge in [-0.2, -0.15) is 0 Å². The molecule has 0 fully saturated rings. The summed E-state index contributed by atoms with van der Waals surface area (Å²) in [7, 11) is 0. The molecule has 3 heteroatoms. The van der Waals surface area contributed by atoms with Crippen molar-refractivity contribution in [1.82, 2.24) is 0 Å². The van der Waals surface area contributed by atoms with E-state index in [0.717, 1.165) is 29.8 Å². The average molecular weight is 192 g/mol. The van der Waals surface area contributed by atoms with Gasteiger partial charge in [0.15, 0.2) is 11.5 Å². The zero-order chi connectivity index (χ0) is 9.80. The highest BCUT2D eigenvalue weighted by atomic mass is 16.6. The van der Waals surface area contributed by atoms with E-state index in [2.05, 4.69) is 0 Å². The highest BCUT2D eigenvalue weighted by Crippen LogP contribution is 2.33. The second kappa shape index (κ2) is 4.13. The van der Waals surface area contributed by atoms with E-state index in [1.807, 2.05) is 18.2 Å². The highest BCUT2D eigenvalue weighted by Gasteiger charge is 2.14. The fraction of sp³-hybridized carbons (Fsp3) is 0.364. The number of fused-ring (bicyclic) bond motifs is 1. The number of carbonyl (C=O) groups excluding carboxylic acids is 1. The van der Waals surface area contributed by atoms with Gasteiger partial charge in [0.25, 0.3) is 0 Å². The predicted molar refractivity (Wildman–Crippen MR) is 51.8 cm³/mol. The summed E-state index contributed by atoms with van der Waals surface area (Å²) >= 11 is 0. The van der Waals surface area contributed by atoms with Crippen molar-refractivity contribution < 1.29 is 14.3 Å². The number of para-hydroxylation sites is 1. The van der Waals surface area contributed by atoms with Crippen LogP contribution < -0.4 is 9.47 Å². The van der Waals surface area contributed by atoms with Crippen molar-refractivity contribution >= 4 is 6.29 Å². The standard InChI is InChI=1S/C11H12O3/c12-6-2-4-9-3-1-5-10-11(9)14-8-7-13-10/h1,3,5-6H,2,4,7-8H2. The minimum atomic E-state index is 0.528. The molecule has 1 aromatic carbocycles. The normalized spacial score (nSPS) is 13.7. The van der Waals surface area contributed by atoms with Gasteiger partial charge >= 0.3 is 0 Å². The molecule has 0 saturated carbocycles. The Labute approximate surface area is 82.6 Å². The van der Waals surface area contributed by atoms with Crippen LogP contribution in [0.4, 0.5) is 0 Å². The summed E-state index contributed by atoms with van der Waals surface area (Å²) in [5.74, 6) is 1.60. The fourth-order valence-corrected chi connectivity index (χ4v) is 1.55. The quantitative estimate of drug-likeness (QED) is 0.682. The van der Waals surface area contributed by atoms with E-state index in [4.69, 9.17) is 9.47 Å². The first kappa shape index (κ1) is 9.06. The summed E-state index contributed by atoms with van der Waals surface area (Å²) in [6.07, 6.45) is 2.17. The van der Waals surface area contributed by atoms with Crippen LogP contribution in [0.5, 0.6) is 11.5 Å². The first-order valence-electron chi connectivity index (χ1n) is 4.73. The number of aldehydes is 1. The van der Waals surface area contributed by atoms with Gasteiger partial charge in [0.05, 0.1) is 0 Å². The van der Waals surface area contributed by atoms with Crippen LogP contribution >= 0.6 is 0 Å². The summed E-state index contributed by atoms with van der Waals surface area (Å²) < 4.78 is 10.9. The Morgan fingerprint density at radius 2 is 2.14 bits per heavy atom. The molecule has 1 aliphatic heterocycles. The molecule has 0 spiro atoms. The van der Waals surface area contributed by atoms with E-state index in [1.165, 1.54) is 0 Å². The van der Waals surface area contributed by atoms with Crippen molar-refractivity contribution in [3.63, 3.8) is 0 Å². The molecule has 74 valence electrons. The molecule has 0 saturated heterocycles. The predicted octanol–water partition coefficient (Wildman–Crippen LogP) is 1.59. The lowest BCUT2D eigenvalue weighted by Gasteiger charge is -2.20. The Morgan fingerprint density at radius 3 is 3.00 bits per heavy atom. The zero-order valence-electron chi connectivity index (χ0n) is 7.86. The minimum absolute atomic E-state index is 0.528. The number of hydrogen-bond acceptors (Lipinski definition) is 3. The second-order valence-electron chi connectivity index (χ2n) is 3.15. The molecule has 1 aliphatic rings. The second-order valence-corrected chi connectivity index (χ2v) is 3.15. The van der Waals surface area contributed by atoms with Crippen LogP contribution in [0.3, 0.4) is 0 Å². The molecule has 0 N–H and O–H groups in total. The minimum Gasteiger partial charge on any atom is -0.486 e. The number of ether oxygens (including phenoxy) is 2. The number of benzene rings is 1. The molecule has 0 aromatic heterocycles. The lowest BCUT2D eigenvalue weighted by Crippen LogP contribution is -2.16. The van der Waals surface area contributed by atoms with Crippen LogP contribution in [0, 0.1) is 0 Å². The maximum atomic E-state index is 10.3. The third-order valence-corrected chi connectivity index (χ3v) is 2.18. The first-order valence-corrected chi connectivity index (χ1v) is 4.73. The van der Waals surface area contributed by atoms with Crippen molar-refractivity contribution in [2.24, 2.45) is 0 Å². The SMILES string of the molecule is O=CCCc1cccc2c1OCCO2. The van der Waals surface area contributed by atoms with Gasteiger partial charge in [-0.3, -0.25) is 0 Å². The molecule has 3 nitrogen and oxygen atoms in total. The molecule has 14 heavy (non-hydrogen) atoms. The lowest BCUT2D eigenvalue weighted by molar-refractivity contribution is -0.107. The molecule has 2 rings (SSSR count). The Hall–Kier alpha value is -1.51. The molecule has 1 heterocycles. The summed E-state index contributed by atoms with van der Waals surface area (Å²) in [6.45, 7) is 1.19. The van der Waals surface area contributed by atoms with Crippen molar-refractivity contribution in [3.05, 3.63) is 23.8 Å². The summed E-state index contributed by atoms with van der Waals surface area (Å²) in [5, 5.41) is 0. The molecular weight excluding hydrogens is 180 g/mol. The molecule has 0 radical (unpaired) electrons. The Morgan fingerprint density at radius 1 is 1.29 bits per heavy atom. The maximum absolute atomic E-state index is 10.3.